The molecule has 1 aromatic carbocycles. The van der Waals surface area contributed by atoms with E-state index in [4.69, 9.17) is 15.2 Å². The number of benzene rings is 1. The highest BCUT2D eigenvalue weighted by molar-refractivity contribution is 6.00. The quantitative estimate of drug-likeness (QED) is 0.672. The molecule has 0 radical (unpaired) electrons. The SMILES string of the molecule is CCOc1ccc(N2CC(C(=O)OC(C(=O)NC(N)=O)C(C)C)CC2=O)cc1. The van der Waals surface area contributed by atoms with Crippen molar-refractivity contribution in [1.29, 1.82) is 0 Å². The Morgan fingerprint density at radius 3 is 2.43 bits per heavy atom. The molecule has 152 valence electrons. The molecule has 2 atom stereocenters. The number of imide groups is 1. The monoisotopic (exact) mass is 391 g/mol. The van der Waals surface area contributed by atoms with Crippen molar-refractivity contribution in [3.05, 3.63) is 24.3 Å². The molecule has 0 aromatic heterocycles. The van der Waals surface area contributed by atoms with Gasteiger partial charge in [0.15, 0.2) is 6.10 Å². The van der Waals surface area contributed by atoms with Gasteiger partial charge in [-0.15, -0.1) is 0 Å². The summed E-state index contributed by atoms with van der Waals surface area (Å²) in [5.41, 5.74) is 5.59. The fourth-order valence-corrected chi connectivity index (χ4v) is 2.91. The van der Waals surface area contributed by atoms with E-state index in [1.165, 1.54) is 4.90 Å². The van der Waals surface area contributed by atoms with Crippen molar-refractivity contribution in [1.82, 2.24) is 5.32 Å². The van der Waals surface area contributed by atoms with Gasteiger partial charge in [-0.3, -0.25) is 19.7 Å². The van der Waals surface area contributed by atoms with Crippen molar-refractivity contribution < 1.29 is 28.7 Å². The Balaban J connectivity index is 2.03. The van der Waals surface area contributed by atoms with E-state index in [1.807, 2.05) is 12.2 Å². The van der Waals surface area contributed by atoms with Crippen LogP contribution >= 0.6 is 0 Å². The second-order valence-electron chi connectivity index (χ2n) is 6.79. The molecule has 0 saturated carbocycles. The first-order valence-corrected chi connectivity index (χ1v) is 9.07. The lowest BCUT2D eigenvalue weighted by atomic mass is 10.1. The predicted molar refractivity (Wildman–Crippen MR) is 101 cm³/mol. The van der Waals surface area contributed by atoms with Crippen molar-refractivity contribution in [2.24, 2.45) is 17.6 Å². The zero-order valence-electron chi connectivity index (χ0n) is 16.1. The maximum absolute atomic E-state index is 12.5. The average molecular weight is 391 g/mol. The van der Waals surface area contributed by atoms with Crippen LogP contribution < -0.4 is 20.7 Å². The fourth-order valence-electron chi connectivity index (χ4n) is 2.91. The highest BCUT2D eigenvalue weighted by Gasteiger charge is 2.38. The third-order valence-corrected chi connectivity index (χ3v) is 4.27. The summed E-state index contributed by atoms with van der Waals surface area (Å²) in [6.07, 6.45) is -1.19. The van der Waals surface area contributed by atoms with Gasteiger partial charge in [0, 0.05) is 18.7 Å². The Morgan fingerprint density at radius 2 is 1.89 bits per heavy atom. The number of hydrogen-bond acceptors (Lipinski definition) is 6. The number of anilines is 1. The van der Waals surface area contributed by atoms with Gasteiger partial charge < -0.3 is 20.1 Å². The van der Waals surface area contributed by atoms with E-state index < -0.39 is 29.9 Å². The molecule has 3 N–H and O–H groups in total. The van der Waals surface area contributed by atoms with Gasteiger partial charge >= 0.3 is 12.0 Å². The summed E-state index contributed by atoms with van der Waals surface area (Å²) in [4.78, 5) is 49.2. The van der Waals surface area contributed by atoms with Crippen LogP contribution in [-0.2, 0) is 19.1 Å². The van der Waals surface area contributed by atoms with Gasteiger partial charge in [0.2, 0.25) is 5.91 Å². The van der Waals surface area contributed by atoms with Crippen LogP contribution in [0.15, 0.2) is 24.3 Å². The Labute approximate surface area is 163 Å². The fraction of sp³-hybridized carbons (Fsp3) is 0.474. The summed E-state index contributed by atoms with van der Waals surface area (Å²) in [5.74, 6) is -2.06. The number of amides is 4. The number of ether oxygens (including phenoxy) is 2. The first-order valence-electron chi connectivity index (χ1n) is 9.07. The standard InChI is InChI=1S/C19H25N3O6/c1-4-27-14-7-5-13(6-8-14)22-10-12(9-15(22)23)18(25)28-16(11(2)3)17(24)21-19(20)26/h5-8,11-12,16H,4,9-10H2,1-3H3,(H3,20,21,24,26). The van der Waals surface area contributed by atoms with E-state index in [-0.39, 0.29) is 24.8 Å². The highest BCUT2D eigenvalue weighted by atomic mass is 16.5. The third-order valence-electron chi connectivity index (χ3n) is 4.27. The Morgan fingerprint density at radius 1 is 1.25 bits per heavy atom. The second kappa shape index (κ2) is 9.20. The van der Waals surface area contributed by atoms with Gasteiger partial charge in [0.25, 0.3) is 5.91 Å². The van der Waals surface area contributed by atoms with E-state index in [2.05, 4.69) is 0 Å². The van der Waals surface area contributed by atoms with Crippen molar-refractivity contribution in [2.45, 2.75) is 33.3 Å². The first-order chi connectivity index (χ1) is 13.2. The van der Waals surface area contributed by atoms with E-state index in [0.717, 1.165) is 0 Å². The van der Waals surface area contributed by atoms with Gasteiger partial charge in [0.1, 0.15) is 5.75 Å². The Hall–Kier alpha value is -3.10. The number of rotatable bonds is 7. The summed E-state index contributed by atoms with van der Waals surface area (Å²) in [5, 5.41) is 1.91. The van der Waals surface area contributed by atoms with Crippen LogP contribution in [0.5, 0.6) is 5.75 Å². The molecule has 2 rings (SSSR count). The molecule has 1 fully saturated rings. The largest absolute Gasteiger partial charge is 0.494 e. The number of carbonyl (C=O) groups excluding carboxylic acids is 4. The molecule has 1 heterocycles. The molecular weight excluding hydrogens is 366 g/mol. The van der Waals surface area contributed by atoms with Crippen LogP contribution in [0.2, 0.25) is 0 Å². The molecule has 0 bridgehead atoms. The number of hydrogen-bond donors (Lipinski definition) is 2. The van der Waals surface area contributed by atoms with Gasteiger partial charge in [-0.25, -0.2) is 4.79 Å². The molecule has 0 spiro atoms. The number of esters is 1. The minimum absolute atomic E-state index is 0.0195. The summed E-state index contributed by atoms with van der Waals surface area (Å²) >= 11 is 0. The number of primary amides is 1. The van der Waals surface area contributed by atoms with E-state index in [1.54, 1.807) is 38.1 Å². The normalized spacial score (nSPS) is 17.4. The van der Waals surface area contributed by atoms with Crippen molar-refractivity contribution in [3.63, 3.8) is 0 Å². The summed E-state index contributed by atoms with van der Waals surface area (Å²) in [6, 6.07) is 5.97. The molecule has 1 aromatic rings. The summed E-state index contributed by atoms with van der Waals surface area (Å²) < 4.78 is 10.7. The van der Waals surface area contributed by atoms with Crippen LogP contribution in [0.4, 0.5) is 10.5 Å². The first kappa shape index (κ1) is 21.2. The summed E-state index contributed by atoms with van der Waals surface area (Å²) in [7, 11) is 0. The van der Waals surface area contributed by atoms with Crippen molar-refractivity contribution in [3.8, 4) is 5.75 Å². The number of urea groups is 1. The number of nitrogens with one attached hydrogen (secondary N) is 1. The van der Waals surface area contributed by atoms with Gasteiger partial charge in [-0.2, -0.15) is 0 Å². The predicted octanol–water partition coefficient (Wildman–Crippen LogP) is 1.20. The summed E-state index contributed by atoms with van der Waals surface area (Å²) in [6.45, 7) is 5.90. The molecule has 0 aliphatic carbocycles. The van der Waals surface area contributed by atoms with Crippen LogP contribution in [0, 0.1) is 11.8 Å². The topological polar surface area (TPSA) is 128 Å². The maximum Gasteiger partial charge on any atom is 0.318 e. The van der Waals surface area contributed by atoms with Crippen molar-refractivity contribution >= 4 is 29.5 Å². The number of carbonyl (C=O) groups is 4. The lowest BCUT2D eigenvalue weighted by Crippen LogP contribution is -2.46. The lowest BCUT2D eigenvalue weighted by molar-refractivity contribution is -0.161. The highest BCUT2D eigenvalue weighted by Crippen LogP contribution is 2.28. The van der Waals surface area contributed by atoms with E-state index >= 15 is 0 Å². The van der Waals surface area contributed by atoms with E-state index in [9.17, 15) is 19.2 Å². The van der Waals surface area contributed by atoms with Crippen LogP contribution in [-0.4, -0.2) is 43.1 Å². The lowest BCUT2D eigenvalue weighted by Gasteiger charge is -2.22. The van der Waals surface area contributed by atoms with E-state index in [0.29, 0.717) is 18.0 Å². The average Bonchev–Trinajstić information content (AvgIpc) is 3.01. The molecule has 1 aliphatic heterocycles. The van der Waals surface area contributed by atoms with Gasteiger partial charge in [-0.05, 0) is 37.1 Å². The minimum atomic E-state index is -1.17. The zero-order chi connectivity index (χ0) is 20.8. The smallest absolute Gasteiger partial charge is 0.318 e. The molecule has 9 heteroatoms. The molecule has 9 nitrogen and oxygen atoms in total. The van der Waals surface area contributed by atoms with Crippen molar-refractivity contribution in [2.75, 3.05) is 18.1 Å². The van der Waals surface area contributed by atoms with Crippen LogP contribution in [0.3, 0.4) is 0 Å². The molecule has 1 aliphatic rings. The molecule has 28 heavy (non-hydrogen) atoms. The zero-order valence-corrected chi connectivity index (χ0v) is 16.1. The third kappa shape index (κ3) is 5.21. The molecule has 2 unspecified atom stereocenters. The van der Waals surface area contributed by atoms with Crippen LogP contribution in [0.25, 0.3) is 0 Å². The minimum Gasteiger partial charge on any atom is -0.494 e. The molecular formula is C19H25N3O6. The second-order valence-corrected chi connectivity index (χ2v) is 6.79. The van der Waals surface area contributed by atoms with Gasteiger partial charge in [-0.1, -0.05) is 13.8 Å². The number of nitrogens with zero attached hydrogens (tertiary/aromatic N) is 1. The number of nitrogens with two attached hydrogens (primary N) is 1. The Kier molecular flexibility index (Phi) is 6.97. The molecule has 4 amide bonds. The Bertz CT molecular complexity index is 747. The van der Waals surface area contributed by atoms with Gasteiger partial charge in [0.05, 0.1) is 12.5 Å². The maximum atomic E-state index is 12.5. The van der Waals surface area contributed by atoms with Crippen LogP contribution in [0.1, 0.15) is 27.2 Å². The molecule has 1 saturated heterocycles.